The first-order valence-electron chi connectivity index (χ1n) is 7.99. The molecule has 0 radical (unpaired) electrons. The number of aryl methyl sites for hydroxylation is 1. The van der Waals surface area contributed by atoms with Crippen molar-refractivity contribution < 1.29 is 16.8 Å². The van der Waals surface area contributed by atoms with Gasteiger partial charge in [0, 0.05) is 13.1 Å². The Bertz CT molecular complexity index is 979. The van der Waals surface area contributed by atoms with Crippen LogP contribution in [0.2, 0.25) is 0 Å². The van der Waals surface area contributed by atoms with Crippen LogP contribution in [-0.4, -0.2) is 34.2 Å². The molecule has 0 atom stereocenters. The lowest BCUT2D eigenvalue weighted by Gasteiger charge is -2.16. The van der Waals surface area contributed by atoms with Crippen molar-refractivity contribution in [2.45, 2.75) is 29.6 Å². The zero-order chi connectivity index (χ0) is 18.1. The monoisotopic (exact) mass is 380 g/mol. The molecule has 1 saturated heterocycles. The van der Waals surface area contributed by atoms with E-state index in [1.54, 1.807) is 12.1 Å². The van der Waals surface area contributed by atoms with Crippen LogP contribution >= 0.6 is 0 Å². The molecule has 0 aromatic heterocycles. The quantitative estimate of drug-likeness (QED) is 0.864. The highest BCUT2D eigenvalue weighted by molar-refractivity contribution is 7.92. The minimum absolute atomic E-state index is 0.0962. The van der Waals surface area contributed by atoms with Crippen molar-refractivity contribution in [1.29, 1.82) is 0 Å². The Kier molecular flexibility index (Phi) is 4.86. The Morgan fingerprint density at radius 2 is 1.52 bits per heavy atom. The van der Waals surface area contributed by atoms with E-state index in [4.69, 9.17) is 0 Å². The third kappa shape index (κ3) is 3.86. The summed E-state index contributed by atoms with van der Waals surface area (Å²) in [5.41, 5.74) is 1.05. The van der Waals surface area contributed by atoms with E-state index < -0.39 is 20.0 Å². The van der Waals surface area contributed by atoms with E-state index in [2.05, 4.69) is 4.72 Å². The zero-order valence-electron chi connectivity index (χ0n) is 13.8. The topological polar surface area (TPSA) is 83.5 Å². The first-order valence-corrected chi connectivity index (χ1v) is 10.9. The average molecular weight is 380 g/mol. The van der Waals surface area contributed by atoms with Crippen LogP contribution in [0.4, 0.5) is 5.69 Å². The van der Waals surface area contributed by atoms with Crippen molar-refractivity contribution >= 4 is 25.7 Å². The largest absolute Gasteiger partial charge is 0.280 e. The predicted molar refractivity (Wildman–Crippen MR) is 96.4 cm³/mol. The molecule has 1 aliphatic rings. The number of nitrogens with zero attached hydrogens (tertiary/aromatic N) is 1. The molecule has 25 heavy (non-hydrogen) atoms. The number of rotatable bonds is 5. The number of sulfonamides is 2. The molecule has 3 rings (SSSR count). The highest BCUT2D eigenvalue weighted by Gasteiger charge is 2.27. The summed E-state index contributed by atoms with van der Waals surface area (Å²) in [6.45, 7) is 2.81. The fraction of sp³-hybridized carbons (Fsp3) is 0.294. The van der Waals surface area contributed by atoms with Crippen LogP contribution in [0.15, 0.2) is 58.3 Å². The second-order valence-electron chi connectivity index (χ2n) is 6.06. The van der Waals surface area contributed by atoms with Crippen molar-refractivity contribution in [2.75, 3.05) is 17.8 Å². The zero-order valence-corrected chi connectivity index (χ0v) is 15.5. The van der Waals surface area contributed by atoms with Gasteiger partial charge in [-0.05, 0) is 55.7 Å². The molecule has 134 valence electrons. The van der Waals surface area contributed by atoms with Gasteiger partial charge in [0.15, 0.2) is 0 Å². The van der Waals surface area contributed by atoms with Crippen molar-refractivity contribution in [3.8, 4) is 0 Å². The van der Waals surface area contributed by atoms with Crippen molar-refractivity contribution in [2.24, 2.45) is 0 Å². The minimum atomic E-state index is -3.78. The summed E-state index contributed by atoms with van der Waals surface area (Å²) in [5.74, 6) is 0. The van der Waals surface area contributed by atoms with E-state index in [1.165, 1.54) is 34.6 Å². The van der Waals surface area contributed by atoms with Crippen LogP contribution < -0.4 is 4.72 Å². The number of nitrogens with one attached hydrogen (secondary N) is 1. The molecule has 2 aromatic carbocycles. The molecule has 1 fully saturated rings. The number of hydrogen-bond donors (Lipinski definition) is 1. The summed E-state index contributed by atoms with van der Waals surface area (Å²) < 4.78 is 54.1. The first kappa shape index (κ1) is 17.9. The van der Waals surface area contributed by atoms with Crippen molar-refractivity contribution in [3.63, 3.8) is 0 Å². The molecule has 0 aliphatic carbocycles. The van der Waals surface area contributed by atoms with E-state index in [1.807, 2.05) is 13.0 Å². The summed E-state index contributed by atoms with van der Waals surface area (Å²) >= 11 is 0. The van der Waals surface area contributed by atoms with Crippen LogP contribution in [0, 0.1) is 6.92 Å². The molecular weight excluding hydrogens is 360 g/mol. The van der Waals surface area contributed by atoms with Crippen molar-refractivity contribution in [3.05, 3.63) is 54.1 Å². The molecule has 1 heterocycles. The highest BCUT2D eigenvalue weighted by Crippen LogP contribution is 2.24. The van der Waals surface area contributed by atoms with Gasteiger partial charge in [-0.1, -0.05) is 18.2 Å². The Balaban J connectivity index is 1.89. The molecule has 0 unspecified atom stereocenters. The molecule has 0 bridgehead atoms. The molecule has 0 saturated carbocycles. The number of benzene rings is 2. The van der Waals surface area contributed by atoms with Gasteiger partial charge in [0.1, 0.15) is 0 Å². The summed E-state index contributed by atoms with van der Waals surface area (Å²) in [4.78, 5) is 0.235. The van der Waals surface area contributed by atoms with Gasteiger partial charge in [-0.3, -0.25) is 4.72 Å². The molecular formula is C17H20N2O4S2. The fourth-order valence-corrected chi connectivity index (χ4v) is 5.51. The highest BCUT2D eigenvalue weighted by atomic mass is 32.2. The third-order valence-corrected chi connectivity index (χ3v) is 7.36. The summed E-state index contributed by atoms with van der Waals surface area (Å²) in [7, 11) is -7.37. The third-order valence-electron chi connectivity index (χ3n) is 4.09. The predicted octanol–water partition coefficient (Wildman–Crippen LogP) is 2.58. The fourth-order valence-electron chi connectivity index (χ4n) is 2.79. The van der Waals surface area contributed by atoms with Gasteiger partial charge in [-0.2, -0.15) is 4.31 Å². The van der Waals surface area contributed by atoms with Gasteiger partial charge >= 0.3 is 0 Å². The molecule has 0 amide bonds. The molecule has 1 N–H and O–H groups in total. The maximum Gasteiger partial charge on any atom is 0.261 e. The van der Waals surface area contributed by atoms with Crippen LogP contribution in [0.1, 0.15) is 18.4 Å². The molecule has 6 nitrogen and oxygen atoms in total. The second kappa shape index (κ2) is 6.78. The standard InChI is InChI=1S/C17H20N2O4S2/c1-14-6-4-8-16(12-14)24(20,21)18-15-7-5-9-17(13-15)25(22,23)19-10-2-3-11-19/h4-9,12-13,18H,2-3,10-11H2,1H3. The average Bonchev–Trinajstić information content (AvgIpc) is 3.10. The molecule has 2 aromatic rings. The SMILES string of the molecule is Cc1cccc(S(=O)(=O)Nc2cccc(S(=O)(=O)N3CCCC3)c2)c1. The first-order chi connectivity index (χ1) is 11.8. The van der Waals surface area contributed by atoms with Crippen LogP contribution in [0.25, 0.3) is 0 Å². The van der Waals surface area contributed by atoms with Crippen LogP contribution in [-0.2, 0) is 20.0 Å². The van der Waals surface area contributed by atoms with Crippen LogP contribution in [0.3, 0.4) is 0 Å². The van der Waals surface area contributed by atoms with Gasteiger partial charge in [0.05, 0.1) is 15.5 Å². The van der Waals surface area contributed by atoms with Gasteiger partial charge in [0.2, 0.25) is 10.0 Å². The van der Waals surface area contributed by atoms with Crippen molar-refractivity contribution in [1.82, 2.24) is 4.31 Å². The van der Waals surface area contributed by atoms with E-state index in [9.17, 15) is 16.8 Å². The van der Waals surface area contributed by atoms with E-state index in [0.29, 0.717) is 13.1 Å². The number of hydrogen-bond acceptors (Lipinski definition) is 4. The van der Waals surface area contributed by atoms with Crippen LogP contribution in [0.5, 0.6) is 0 Å². The molecule has 8 heteroatoms. The van der Waals surface area contributed by atoms with Gasteiger partial charge < -0.3 is 0 Å². The second-order valence-corrected chi connectivity index (χ2v) is 9.68. The van der Waals surface area contributed by atoms with E-state index in [0.717, 1.165) is 18.4 Å². The van der Waals surface area contributed by atoms with E-state index >= 15 is 0 Å². The maximum absolute atomic E-state index is 12.6. The Hall–Kier alpha value is -1.90. The summed E-state index contributed by atoms with van der Waals surface area (Å²) in [6.07, 6.45) is 1.69. The summed E-state index contributed by atoms with van der Waals surface area (Å²) in [6, 6.07) is 12.5. The Morgan fingerprint density at radius 1 is 0.880 bits per heavy atom. The lowest BCUT2D eigenvalue weighted by molar-refractivity contribution is 0.477. The number of anilines is 1. The molecule has 0 spiro atoms. The Labute approximate surface area is 148 Å². The van der Waals surface area contributed by atoms with E-state index in [-0.39, 0.29) is 15.5 Å². The van der Waals surface area contributed by atoms with Gasteiger partial charge in [0.25, 0.3) is 10.0 Å². The van der Waals surface area contributed by atoms with Gasteiger partial charge in [-0.15, -0.1) is 0 Å². The lowest BCUT2D eigenvalue weighted by Crippen LogP contribution is -2.27. The minimum Gasteiger partial charge on any atom is -0.280 e. The maximum atomic E-state index is 12.6. The smallest absolute Gasteiger partial charge is 0.261 e. The van der Waals surface area contributed by atoms with Gasteiger partial charge in [-0.25, -0.2) is 16.8 Å². The lowest BCUT2D eigenvalue weighted by atomic mass is 10.2. The summed E-state index contributed by atoms with van der Waals surface area (Å²) in [5, 5.41) is 0. The normalized spacial score (nSPS) is 16.0. The molecule has 1 aliphatic heterocycles. The Morgan fingerprint density at radius 3 is 2.20 bits per heavy atom.